The van der Waals surface area contributed by atoms with Crippen molar-refractivity contribution in [3.63, 3.8) is 0 Å². The standard InChI is InChI=1S/C23H18FNO6/c1-9-7-16(26)14-8-13-10(5-6-12-18(13)23(30)25(31)22(12)29)17(19(14)20(9)27)11-3-2-4-15(24)21(11)28/h2-5,7,12-13,17-18,28,31H,6,8H2,1H3. The van der Waals surface area contributed by atoms with Gasteiger partial charge in [-0.25, -0.2) is 4.39 Å². The molecule has 0 spiro atoms. The summed E-state index contributed by atoms with van der Waals surface area (Å²) in [5, 5.41) is 20.5. The van der Waals surface area contributed by atoms with Gasteiger partial charge in [0.15, 0.2) is 23.1 Å². The van der Waals surface area contributed by atoms with Gasteiger partial charge in [0.2, 0.25) is 0 Å². The maximum atomic E-state index is 14.2. The average molecular weight is 423 g/mol. The minimum absolute atomic E-state index is 0.0517. The van der Waals surface area contributed by atoms with Gasteiger partial charge >= 0.3 is 0 Å². The zero-order chi connectivity index (χ0) is 22.2. The second-order valence-corrected chi connectivity index (χ2v) is 8.39. The third-order valence-corrected chi connectivity index (χ3v) is 6.87. The lowest BCUT2D eigenvalue weighted by atomic mass is 9.59. The van der Waals surface area contributed by atoms with Crippen LogP contribution in [0.15, 0.2) is 52.6 Å². The lowest BCUT2D eigenvalue weighted by Crippen LogP contribution is -2.39. The predicted molar refractivity (Wildman–Crippen MR) is 103 cm³/mol. The fourth-order valence-electron chi connectivity index (χ4n) is 5.47. The van der Waals surface area contributed by atoms with Crippen LogP contribution in [0.1, 0.15) is 31.2 Å². The van der Waals surface area contributed by atoms with Gasteiger partial charge in [-0.1, -0.05) is 23.8 Å². The fraction of sp³-hybridized carbons (Fsp3) is 0.304. The van der Waals surface area contributed by atoms with Gasteiger partial charge in [0.1, 0.15) is 0 Å². The highest BCUT2D eigenvalue weighted by atomic mass is 19.1. The number of carbonyl (C=O) groups excluding carboxylic acids is 4. The number of carbonyl (C=O) groups is 4. The predicted octanol–water partition coefficient (Wildman–Crippen LogP) is 2.35. The third-order valence-electron chi connectivity index (χ3n) is 6.87. The molecule has 1 aromatic rings. The first-order chi connectivity index (χ1) is 14.7. The van der Waals surface area contributed by atoms with Crippen molar-refractivity contribution in [1.82, 2.24) is 5.06 Å². The topological polar surface area (TPSA) is 112 Å². The van der Waals surface area contributed by atoms with Crippen LogP contribution in [0.25, 0.3) is 0 Å². The van der Waals surface area contributed by atoms with Gasteiger partial charge < -0.3 is 5.11 Å². The third kappa shape index (κ3) is 2.54. The number of halogens is 1. The number of aromatic hydroxyl groups is 1. The fourth-order valence-corrected chi connectivity index (χ4v) is 5.47. The molecule has 2 amide bonds. The molecule has 0 radical (unpaired) electrons. The number of benzene rings is 1. The van der Waals surface area contributed by atoms with Crippen molar-refractivity contribution >= 4 is 23.4 Å². The lowest BCUT2D eigenvalue weighted by Gasteiger charge is -2.42. The van der Waals surface area contributed by atoms with E-state index in [9.17, 15) is 33.9 Å². The Balaban J connectivity index is 1.75. The summed E-state index contributed by atoms with van der Waals surface area (Å²) >= 11 is 0. The number of phenols is 1. The van der Waals surface area contributed by atoms with Gasteiger partial charge in [-0.3, -0.25) is 24.4 Å². The van der Waals surface area contributed by atoms with Crippen LogP contribution in [0.4, 0.5) is 4.39 Å². The van der Waals surface area contributed by atoms with Crippen LogP contribution in [-0.2, 0) is 19.2 Å². The van der Waals surface area contributed by atoms with E-state index in [0.29, 0.717) is 5.57 Å². The molecular weight excluding hydrogens is 405 g/mol. The quantitative estimate of drug-likeness (QED) is 0.310. The summed E-state index contributed by atoms with van der Waals surface area (Å²) in [5.41, 5.74) is 1.31. The maximum absolute atomic E-state index is 14.2. The molecule has 1 heterocycles. The summed E-state index contributed by atoms with van der Waals surface area (Å²) < 4.78 is 14.2. The number of hydrogen-bond donors (Lipinski definition) is 2. The molecule has 1 aliphatic heterocycles. The molecule has 5 rings (SSSR count). The highest BCUT2D eigenvalue weighted by molar-refractivity contribution is 6.23. The van der Waals surface area contributed by atoms with Gasteiger partial charge in [-0.2, -0.15) is 5.06 Å². The van der Waals surface area contributed by atoms with E-state index in [1.807, 2.05) is 0 Å². The number of allylic oxidation sites excluding steroid dienone is 6. The van der Waals surface area contributed by atoms with Crippen molar-refractivity contribution in [1.29, 1.82) is 0 Å². The monoisotopic (exact) mass is 423 g/mol. The van der Waals surface area contributed by atoms with Crippen LogP contribution in [0.2, 0.25) is 0 Å². The van der Waals surface area contributed by atoms with Crippen molar-refractivity contribution in [3.8, 4) is 5.75 Å². The van der Waals surface area contributed by atoms with Gasteiger partial charge in [0, 0.05) is 28.2 Å². The molecule has 1 fully saturated rings. The second kappa shape index (κ2) is 6.55. The van der Waals surface area contributed by atoms with Crippen LogP contribution < -0.4 is 0 Å². The SMILES string of the molecule is CC1=CC(=O)C2=C(C1=O)C(c1cccc(F)c1O)C1=CCC3C(=O)N(O)C(=O)C3C1C2. The first-order valence-corrected chi connectivity index (χ1v) is 9.96. The molecular formula is C23H18FNO6. The Morgan fingerprint density at radius 1 is 1.10 bits per heavy atom. The van der Waals surface area contributed by atoms with Crippen molar-refractivity contribution in [3.05, 3.63) is 64.0 Å². The molecule has 7 nitrogen and oxygen atoms in total. The van der Waals surface area contributed by atoms with Crippen molar-refractivity contribution < 1.29 is 33.9 Å². The number of fused-ring (bicyclic) bond motifs is 3. The Morgan fingerprint density at radius 2 is 1.84 bits per heavy atom. The molecule has 4 unspecified atom stereocenters. The van der Waals surface area contributed by atoms with Crippen LogP contribution in [-0.4, -0.2) is 38.8 Å². The van der Waals surface area contributed by atoms with Crippen LogP contribution >= 0.6 is 0 Å². The number of nitrogens with zero attached hydrogens (tertiary/aromatic N) is 1. The lowest BCUT2D eigenvalue weighted by molar-refractivity contribution is -0.173. The number of Topliss-reactive ketones (excluding diaryl/α,β-unsaturated/α-hetero) is 1. The maximum Gasteiger partial charge on any atom is 0.257 e. The number of amides is 2. The molecule has 8 heteroatoms. The Morgan fingerprint density at radius 3 is 2.58 bits per heavy atom. The van der Waals surface area contributed by atoms with E-state index in [0.717, 1.165) is 6.07 Å². The molecule has 4 atom stereocenters. The summed E-state index contributed by atoms with van der Waals surface area (Å²) in [4.78, 5) is 50.9. The van der Waals surface area contributed by atoms with Crippen LogP contribution in [0.3, 0.4) is 0 Å². The minimum Gasteiger partial charge on any atom is -0.505 e. The Labute approximate surface area is 176 Å². The largest absolute Gasteiger partial charge is 0.505 e. The minimum atomic E-state index is -0.929. The molecule has 1 aromatic carbocycles. The molecule has 0 saturated carbocycles. The van der Waals surface area contributed by atoms with E-state index in [1.165, 1.54) is 25.1 Å². The molecule has 1 saturated heterocycles. The van der Waals surface area contributed by atoms with Crippen LogP contribution in [0, 0.1) is 23.6 Å². The zero-order valence-corrected chi connectivity index (χ0v) is 16.5. The van der Waals surface area contributed by atoms with E-state index >= 15 is 0 Å². The van der Waals surface area contributed by atoms with E-state index in [4.69, 9.17) is 0 Å². The zero-order valence-electron chi connectivity index (χ0n) is 16.5. The van der Waals surface area contributed by atoms with E-state index in [1.54, 1.807) is 6.08 Å². The molecule has 4 aliphatic rings. The molecule has 2 N–H and O–H groups in total. The molecule has 0 aromatic heterocycles. The summed E-state index contributed by atoms with van der Waals surface area (Å²) in [6.07, 6.45) is 3.17. The average Bonchev–Trinajstić information content (AvgIpc) is 2.97. The summed E-state index contributed by atoms with van der Waals surface area (Å²) in [7, 11) is 0. The number of rotatable bonds is 1. The number of imide groups is 1. The molecule has 31 heavy (non-hydrogen) atoms. The molecule has 0 bridgehead atoms. The Hall–Kier alpha value is -3.39. The molecule has 3 aliphatic carbocycles. The summed E-state index contributed by atoms with van der Waals surface area (Å²) in [6, 6.07) is 3.97. The van der Waals surface area contributed by atoms with Gasteiger partial charge in [-0.05, 0) is 37.8 Å². The van der Waals surface area contributed by atoms with Gasteiger partial charge in [0.25, 0.3) is 11.8 Å². The number of ketones is 2. The Kier molecular flexibility index (Phi) is 4.14. The smallest absolute Gasteiger partial charge is 0.257 e. The summed E-state index contributed by atoms with van der Waals surface area (Å²) in [5.74, 6) is -6.92. The van der Waals surface area contributed by atoms with E-state index in [-0.39, 0.29) is 51.8 Å². The summed E-state index contributed by atoms with van der Waals surface area (Å²) in [6.45, 7) is 1.52. The first kappa shape index (κ1) is 19.6. The number of hydroxylamine groups is 2. The van der Waals surface area contributed by atoms with Crippen molar-refractivity contribution in [2.75, 3.05) is 0 Å². The van der Waals surface area contributed by atoms with E-state index < -0.39 is 47.1 Å². The van der Waals surface area contributed by atoms with E-state index in [2.05, 4.69) is 0 Å². The number of phenolic OH excluding ortho intramolecular Hbond substituents is 1. The van der Waals surface area contributed by atoms with Crippen LogP contribution in [0.5, 0.6) is 5.75 Å². The highest BCUT2D eigenvalue weighted by Crippen LogP contribution is 2.55. The first-order valence-electron chi connectivity index (χ1n) is 9.96. The van der Waals surface area contributed by atoms with Gasteiger partial charge in [-0.15, -0.1) is 0 Å². The second-order valence-electron chi connectivity index (χ2n) is 8.39. The normalized spacial score (nSPS) is 30.1. The van der Waals surface area contributed by atoms with Gasteiger partial charge in [0.05, 0.1) is 11.8 Å². The van der Waals surface area contributed by atoms with Crippen molar-refractivity contribution in [2.45, 2.75) is 25.7 Å². The van der Waals surface area contributed by atoms with Crippen molar-refractivity contribution in [2.24, 2.45) is 17.8 Å². The number of hydrogen-bond acceptors (Lipinski definition) is 6. The number of para-hydroxylation sites is 1. The Bertz CT molecular complexity index is 1190. The highest BCUT2D eigenvalue weighted by Gasteiger charge is 2.56. The molecule has 158 valence electrons.